The SMILES string of the molecule is CC(Cc1ccc(OCC2CC2)cc1)CN1CC(C)OC(C)C1. The summed E-state index contributed by atoms with van der Waals surface area (Å²) in [5.41, 5.74) is 1.41. The quantitative estimate of drug-likeness (QED) is 0.764. The highest BCUT2D eigenvalue weighted by molar-refractivity contribution is 5.27. The first-order valence-electron chi connectivity index (χ1n) is 9.18. The Kier molecular flexibility index (Phi) is 5.60. The number of hydrogen-bond acceptors (Lipinski definition) is 3. The molecule has 0 N–H and O–H groups in total. The average molecular weight is 317 g/mol. The zero-order valence-corrected chi connectivity index (χ0v) is 14.8. The Morgan fingerprint density at radius 2 is 1.78 bits per heavy atom. The van der Waals surface area contributed by atoms with Gasteiger partial charge in [-0.15, -0.1) is 0 Å². The predicted octanol–water partition coefficient (Wildman–Crippen LogP) is 3.76. The summed E-state index contributed by atoms with van der Waals surface area (Å²) >= 11 is 0. The lowest BCUT2D eigenvalue weighted by Crippen LogP contribution is -2.47. The second-order valence-electron chi connectivity index (χ2n) is 7.68. The number of benzene rings is 1. The molecule has 3 rings (SSSR count). The van der Waals surface area contributed by atoms with Gasteiger partial charge in [-0.1, -0.05) is 19.1 Å². The molecule has 1 aromatic carbocycles. The van der Waals surface area contributed by atoms with Crippen LogP contribution in [0.4, 0.5) is 0 Å². The molecule has 3 nitrogen and oxygen atoms in total. The van der Waals surface area contributed by atoms with Gasteiger partial charge in [0.25, 0.3) is 0 Å². The van der Waals surface area contributed by atoms with Crippen LogP contribution in [0.1, 0.15) is 39.2 Å². The van der Waals surface area contributed by atoms with Crippen molar-refractivity contribution in [2.45, 2.75) is 52.2 Å². The Bertz CT molecular complexity index is 473. The van der Waals surface area contributed by atoms with Gasteiger partial charge >= 0.3 is 0 Å². The molecule has 0 spiro atoms. The fourth-order valence-corrected chi connectivity index (χ4v) is 3.56. The molecular formula is C20H31NO2. The molecule has 0 aromatic heterocycles. The molecule has 1 saturated heterocycles. The summed E-state index contributed by atoms with van der Waals surface area (Å²) in [5, 5.41) is 0. The fourth-order valence-electron chi connectivity index (χ4n) is 3.56. The number of nitrogens with zero attached hydrogens (tertiary/aromatic N) is 1. The van der Waals surface area contributed by atoms with Gasteiger partial charge in [-0.25, -0.2) is 0 Å². The maximum Gasteiger partial charge on any atom is 0.119 e. The molecule has 1 aliphatic heterocycles. The minimum Gasteiger partial charge on any atom is -0.493 e. The fraction of sp³-hybridized carbons (Fsp3) is 0.700. The van der Waals surface area contributed by atoms with Crippen LogP contribution >= 0.6 is 0 Å². The van der Waals surface area contributed by atoms with E-state index in [1.165, 1.54) is 18.4 Å². The normalized spacial score (nSPS) is 26.9. The van der Waals surface area contributed by atoms with Gasteiger partial charge in [0.2, 0.25) is 0 Å². The zero-order chi connectivity index (χ0) is 16.2. The maximum absolute atomic E-state index is 5.82. The predicted molar refractivity (Wildman–Crippen MR) is 94.0 cm³/mol. The Balaban J connectivity index is 1.44. The van der Waals surface area contributed by atoms with Crippen LogP contribution in [0.15, 0.2) is 24.3 Å². The highest BCUT2D eigenvalue weighted by Gasteiger charge is 2.23. The maximum atomic E-state index is 5.82. The summed E-state index contributed by atoms with van der Waals surface area (Å²) < 4.78 is 11.6. The van der Waals surface area contributed by atoms with Crippen LogP contribution in [0.2, 0.25) is 0 Å². The lowest BCUT2D eigenvalue weighted by atomic mass is 10.00. The van der Waals surface area contributed by atoms with Crippen molar-refractivity contribution in [2.75, 3.05) is 26.2 Å². The van der Waals surface area contributed by atoms with Crippen LogP contribution in [0.5, 0.6) is 5.75 Å². The molecule has 1 heterocycles. The van der Waals surface area contributed by atoms with E-state index in [1.54, 1.807) is 0 Å². The number of rotatable bonds is 7. The first-order valence-corrected chi connectivity index (χ1v) is 9.18. The molecule has 3 atom stereocenters. The largest absolute Gasteiger partial charge is 0.493 e. The van der Waals surface area contributed by atoms with Crippen LogP contribution < -0.4 is 4.74 Å². The minimum absolute atomic E-state index is 0.355. The third-order valence-corrected chi connectivity index (χ3v) is 4.76. The molecule has 0 radical (unpaired) electrons. The molecule has 128 valence electrons. The smallest absolute Gasteiger partial charge is 0.119 e. The molecule has 0 bridgehead atoms. The van der Waals surface area contributed by atoms with E-state index in [-0.39, 0.29) is 0 Å². The molecule has 1 saturated carbocycles. The van der Waals surface area contributed by atoms with Gasteiger partial charge in [0.15, 0.2) is 0 Å². The summed E-state index contributed by atoms with van der Waals surface area (Å²) in [5.74, 6) is 2.49. The molecule has 1 aliphatic carbocycles. The summed E-state index contributed by atoms with van der Waals surface area (Å²) in [4.78, 5) is 2.55. The van der Waals surface area contributed by atoms with Gasteiger partial charge < -0.3 is 9.47 Å². The van der Waals surface area contributed by atoms with Crippen molar-refractivity contribution >= 4 is 0 Å². The minimum atomic E-state index is 0.355. The van der Waals surface area contributed by atoms with Crippen molar-refractivity contribution in [1.29, 1.82) is 0 Å². The van der Waals surface area contributed by atoms with Crippen molar-refractivity contribution in [3.05, 3.63) is 29.8 Å². The summed E-state index contributed by atoms with van der Waals surface area (Å²) in [6.07, 6.45) is 4.52. The number of ether oxygens (including phenoxy) is 2. The highest BCUT2D eigenvalue weighted by atomic mass is 16.5. The first kappa shape index (κ1) is 16.8. The molecule has 2 aliphatic rings. The van der Waals surface area contributed by atoms with E-state index in [9.17, 15) is 0 Å². The summed E-state index contributed by atoms with van der Waals surface area (Å²) in [6, 6.07) is 8.71. The van der Waals surface area contributed by atoms with Gasteiger partial charge in [0.05, 0.1) is 18.8 Å². The number of hydrogen-bond donors (Lipinski definition) is 0. The standard InChI is InChI=1S/C20H31NO2/c1-15(11-21-12-16(2)23-17(3)13-21)10-18-6-8-20(9-7-18)22-14-19-4-5-19/h6-9,15-17,19H,4-5,10-14H2,1-3H3. The van der Waals surface area contributed by atoms with E-state index in [1.807, 2.05) is 0 Å². The van der Waals surface area contributed by atoms with Gasteiger partial charge in [-0.2, -0.15) is 0 Å². The van der Waals surface area contributed by atoms with E-state index in [4.69, 9.17) is 9.47 Å². The van der Waals surface area contributed by atoms with Crippen molar-refractivity contribution in [3.8, 4) is 5.75 Å². The van der Waals surface area contributed by atoms with Crippen LogP contribution in [-0.2, 0) is 11.2 Å². The summed E-state index contributed by atoms with van der Waals surface area (Å²) in [7, 11) is 0. The molecule has 1 aromatic rings. The van der Waals surface area contributed by atoms with E-state index < -0.39 is 0 Å². The van der Waals surface area contributed by atoms with E-state index in [2.05, 4.69) is 49.9 Å². The molecule has 23 heavy (non-hydrogen) atoms. The van der Waals surface area contributed by atoms with Gasteiger partial charge in [0.1, 0.15) is 5.75 Å². The molecular weight excluding hydrogens is 286 g/mol. The van der Waals surface area contributed by atoms with Crippen LogP contribution in [0.3, 0.4) is 0 Å². The second kappa shape index (κ2) is 7.67. The average Bonchev–Trinajstić information content (AvgIpc) is 3.29. The van der Waals surface area contributed by atoms with Crippen molar-refractivity contribution in [1.82, 2.24) is 4.90 Å². The van der Waals surface area contributed by atoms with Crippen LogP contribution in [0, 0.1) is 11.8 Å². The van der Waals surface area contributed by atoms with Gasteiger partial charge in [0, 0.05) is 19.6 Å². The van der Waals surface area contributed by atoms with E-state index in [0.717, 1.165) is 44.3 Å². The zero-order valence-electron chi connectivity index (χ0n) is 14.8. The first-order chi connectivity index (χ1) is 11.1. The Morgan fingerprint density at radius 3 is 2.39 bits per heavy atom. The molecule has 3 unspecified atom stereocenters. The lowest BCUT2D eigenvalue weighted by molar-refractivity contribution is -0.0708. The van der Waals surface area contributed by atoms with E-state index in [0.29, 0.717) is 18.1 Å². The Morgan fingerprint density at radius 1 is 1.13 bits per heavy atom. The molecule has 3 heteroatoms. The van der Waals surface area contributed by atoms with E-state index >= 15 is 0 Å². The molecule has 2 fully saturated rings. The van der Waals surface area contributed by atoms with Crippen molar-refractivity contribution in [3.63, 3.8) is 0 Å². The second-order valence-corrected chi connectivity index (χ2v) is 7.68. The van der Waals surface area contributed by atoms with Crippen LogP contribution in [0.25, 0.3) is 0 Å². The third kappa shape index (κ3) is 5.50. The highest BCUT2D eigenvalue weighted by Crippen LogP contribution is 2.29. The number of morpholine rings is 1. The van der Waals surface area contributed by atoms with Crippen molar-refractivity contribution < 1.29 is 9.47 Å². The Hall–Kier alpha value is -1.06. The van der Waals surface area contributed by atoms with Crippen molar-refractivity contribution in [2.24, 2.45) is 11.8 Å². The molecule has 0 amide bonds. The van der Waals surface area contributed by atoms with Gasteiger partial charge in [-0.05, 0) is 62.6 Å². The van der Waals surface area contributed by atoms with Gasteiger partial charge in [-0.3, -0.25) is 4.90 Å². The topological polar surface area (TPSA) is 21.7 Å². The Labute approximate surface area is 141 Å². The third-order valence-electron chi connectivity index (χ3n) is 4.76. The monoisotopic (exact) mass is 317 g/mol. The van der Waals surface area contributed by atoms with Crippen LogP contribution in [-0.4, -0.2) is 43.3 Å². The summed E-state index contributed by atoms with van der Waals surface area (Å²) in [6.45, 7) is 10.9. The lowest BCUT2D eigenvalue weighted by Gasteiger charge is -2.36.